The van der Waals surface area contributed by atoms with Gasteiger partial charge in [-0.3, -0.25) is 0 Å². The van der Waals surface area contributed by atoms with Crippen LogP contribution in [0.1, 0.15) is 192 Å². The van der Waals surface area contributed by atoms with Crippen molar-refractivity contribution in [2.24, 2.45) is 0 Å². The van der Waals surface area contributed by atoms with Gasteiger partial charge in [0.25, 0.3) is 0 Å². The van der Waals surface area contributed by atoms with E-state index in [9.17, 15) is 9.79 Å². The van der Waals surface area contributed by atoms with Gasteiger partial charge in [-0.15, -0.1) is 0 Å². The molecule has 0 aromatic heterocycles. The van der Waals surface area contributed by atoms with Crippen LogP contribution in [0.25, 0.3) is 0 Å². The summed E-state index contributed by atoms with van der Waals surface area (Å²) in [5.41, 5.74) is 0.385. The molecule has 0 amide bonds. The van der Waals surface area contributed by atoms with E-state index >= 15 is 0 Å². The largest absolute Gasteiger partial charge is 2.00 e. The van der Waals surface area contributed by atoms with Crippen molar-refractivity contribution >= 4 is 29.7 Å². The summed E-state index contributed by atoms with van der Waals surface area (Å²) in [6.07, 6.45) is 37.2. The van der Waals surface area contributed by atoms with E-state index in [1.807, 2.05) is 36.4 Å². The SMILES string of the molecule is CCCCCCCCCCc1[c-]cccc1.CCCCCCCCCCc1[c-]cccc1.CCCCCCCCCCc1[c-]cccc1.[O-]P([O-])(=S)[S-].[Zn+2].[Zn+2].[Zn+2]. The number of aryl methyl sites for hydroxylation is 3. The Morgan fingerprint density at radius 2 is 0.607 bits per heavy atom. The van der Waals surface area contributed by atoms with Crippen LogP contribution in [0.4, 0.5) is 0 Å². The average molecular weight is 975 g/mol. The Morgan fingerprint density at radius 3 is 0.786 bits per heavy atom. The fraction of sp³-hybridized carbons (Fsp3) is 0.625. The van der Waals surface area contributed by atoms with Crippen molar-refractivity contribution in [3.63, 3.8) is 0 Å². The summed E-state index contributed by atoms with van der Waals surface area (Å²) < 4.78 is 0. The molecule has 0 N–H and O–H groups in total. The van der Waals surface area contributed by atoms with Crippen molar-refractivity contribution in [2.45, 2.75) is 194 Å². The van der Waals surface area contributed by atoms with Crippen LogP contribution in [-0.2, 0) is 102 Å². The van der Waals surface area contributed by atoms with Crippen molar-refractivity contribution in [1.29, 1.82) is 0 Å². The molecule has 0 aliphatic carbocycles. The molecule has 8 heteroatoms. The fourth-order valence-electron chi connectivity index (χ4n) is 6.11. The van der Waals surface area contributed by atoms with Gasteiger partial charge in [-0.25, -0.2) is 0 Å². The van der Waals surface area contributed by atoms with Gasteiger partial charge in [-0.05, 0) is 0 Å². The van der Waals surface area contributed by atoms with Gasteiger partial charge in [0.2, 0.25) is 0 Å². The smallest absolute Gasteiger partial charge is 0.850 e. The molecule has 0 radical (unpaired) electrons. The van der Waals surface area contributed by atoms with E-state index in [1.54, 1.807) is 0 Å². The molecule has 302 valence electrons. The summed E-state index contributed by atoms with van der Waals surface area (Å²) in [6.45, 7) is 6.82. The van der Waals surface area contributed by atoms with Crippen LogP contribution >= 0.6 is 5.69 Å². The molecule has 3 aromatic carbocycles. The Bertz CT molecular complexity index is 1030. The average Bonchev–Trinajstić information content (AvgIpc) is 3.16. The third-order valence-corrected chi connectivity index (χ3v) is 9.22. The zero-order valence-electron chi connectivity index (χ0n) is 36.2. The Morgan fingerprint density at radius 1 is 0.411 bits per heavy atom. The predicted octanol–water partition coefficient (Wildman–Crippen LogP) is 14.0. The van der Waals surface area contributed by atoms with Gasteiger partial charge in [-0.2, -0.15) is 119 Å². The summed E-state index contributed by atoms with van der Waals surface area (Å²) in [4.78, 5) is 18.6. The molecule has 0 saturated heterocycles. The molecule has 0 fully saturated rings. The molecule has 0 aliphatic heterocycles. The van der Waals surface area contributed by atoms with E-state index in [1.165, 1.54) is 190 Å². The van der Waals surface area contributed by atoms with Crippen LogP contribution in [0.2, 0.25) is 0 Å². The van der Waals surface area contributed by atoms with Crippen LogP contribution in [-0.4, -0.2) is 0 Å². The minimum atomic E-state index is -3.72. The normalized spacial score (nSPS) is 10.1. The number of hydrogen-bond acceptors (Lipinski definition) is 4. The zero-order valence-corrected chi connectivity index (χ0v) is 47.7. The van der Waals surface area contributed by atoms with Gasteiger partial charge in [0, 0.05) is 0 Å². The standard InChI is InChI=1S/3C16H25.H3O2PS2.3Zn/c3*1-2-3-4-5-6-7-8-10-13-16-14-11-9-12-15-16;1-3(2,4)5;;;/h3*9,11-12,14H,2-8,10,13H2,1H3;(H3,1,2,4,5);;;/q3*-1;;3*+2/p-3. The van der Waals surface area contributed by atoms with E-state index < -0.39 is 5.69 Å². The van der Waals surface area contributed by atoms with Gasteiger partial charge >= 0.3 is 58.4 Å². The van der Waals surface area contributed by atoms with Crippen molar-refractivity contribution < 1.29 is 68.2 Å². The molecule has 0 bridgehead atoms. The van der Waals surface area contributed by atoms with Gasteiger partial charge in [0.15, 0.2) is 0 Å². The second kappa shape index (κ2) is 49.8. The molecule has 0 unspecified atom stereocenters. The first-order chi connectivity index (χ1) is 25.8. The molecular formula is C48H75O2PS2Zn3. The van der Waals surface area contributed by atoms with Gasteiger partial charge in [-0.1, -0.05) is 194 Å². The van der Waals surface area contributed by atoms with E-state index in [2.05, 4.69) is 99.4 Å². The van der Waals surface area contributed by atoms with Crippen LogP contribution in [0.3, 0.4) is 0 Å². The number of hydrogen-bond donors (Lipinski definition) is 0. The molecule has 0 aliphatic rings. The van der Waals surface area contributed by atoms with E-state index in [4.69, 9.17) is 0 Å². The fourth-order valence-corrected chi connectivity index (χ4v) is 6.11. The number of unbranched alkanes of at least 4 members (excludes halogenated alkanes) is 21. The third-order valence-electron chi connectivity index (χ3n) is 9.22. The minimum Gasteiger partial charge on any atom is -0.850 e. The third kappa shape index (κ3) is 52.5. The molecule has 0 atom stereocenters. The first-order valence-corrected chi connectivity index (χ1v) is 25.0. The van der Waals surface area contributed by atoms with Crippen molar-refractivity contribution in [2.75, 3.05) is 0 Å². The zero-order chi connectivity index (χ0) is 38.9. The van der Waals surface area contributed by atoms with Crippen molar-refractivity contribution in [1.82, 2.24) is 0 Å². The molecule has 3 aromatic rings. The van der Waals surface area contributed by atoms with Gasteiger partial charge < -0.3 is 27.7 Å². The molecule has 2 nitrogen and oxygen atoms in total. The first kappa shape index (κ1) is 63.1. The van der Waals surface area contributed by atoms with Gasteiger partial charge in [0.1, 0.15) is 0 Å². The number of benzene rings is 3. The molecule has 56 heavy (non-hydrogen) atoms. The Kier molecular flexibility index (Phi) is 56.1. The number of rotatable bonds is 27. The summed E-state index contributed by atoms with van der Waals surface area (Å²) in [7, 11) is 0. The summed E-state index contributed by atoms with van der Waals surface area (Å²) in [5, 5.41) is 0. The Labute approximate surface area is 396 Å². The summed E-state index contributed by atoms with van der Waals surface area (Å²) in [5.74, 6) is 0. The monoisotopic (exact) mass is 970 g/mol. The van der Waals surface area contributed by atoms with E-state index in [-0.39, 0.29) is 58.4 Å². The summed E-state index contributed by atoms with van der Waals surface area (Å²) in [6, 6.07) is 34.9. The maximum atomic E-state index is 9.29. The van der Waals surface area contributed by atoms with Crippen LogP contribution < -0.4 is 9.79 Å². The van der Waals surface area contributed by atoms with Crippen molar-refractivity contribution in [3.05, 3.63) is 108 Å². The second-order valence-corrected chi connectivity index (χ2v) is 18.8. The molecule has 0 saturated carbocycles. The van der Waals surface area contributed by atoms with E-state index in [0.717, 1.165) is 0 Å². The van der Waals surface area contributed by atoms with Crippen LogP contribution in [0.5, 0.6) is 0 Å². The first-order valence-electron chi connectivity index (χ1n) is 21.4. The van der Waals surface area contributed by atoms with E-state index in [0.29, 0.717) is 0 Å². The Balaban J connectivity index is -0.000000332. The van der Waals surface area contributed by atoms with Gasteiger partial charge in [0.05, 0.1) is 0 Å². The summed E-state index contributed by atoms with van der Waals surface area (Å²) >= 11 is 7.28. The molecular weight excluding hydrogens is 900 g/mol. The van der Waals surface area contributed by atoms with Crippen LogP contribution in [0, 0.1) is 18.2 Å². The molecule has 0 spiro atoms. The second-order valence-electron chi connectivity index (χ2n) is 14.3. The minimum absolute atomic E-state index is 0. The topological polar surface area (TPSA) is 46.1 Å². The Hall–Kier alpha value is 0.450. The van der Waals surface area contributed by atoms with Crippen molar-refractivity contribution in [3.8, 4) is 0 Å². The quantitative estimate of drug-likeness (QED) is 0.0251. The maximum Gasteiger partial charge on any atom is 2.00 e. The molecule has 0 heterocycles. The van der Waals surface area contributed by atoms with Crippen LogP contribution in [0.15, 0.2) is 72.8 Å². The maximum absolute atomic E-state index is 9.29. The predicted molar refractivity (Wildman–Crippen MR) is 236 cm³/mol. The molecule has 3 rings (SSSR count).